The van der Waals surface area contributed by atoms with Gasteiger partial charge in [-0.3, -0.25) is 9.48 Å². The molecule has 1 amide bonds. The lowest BCUT2D eigenvalue weighted by atomic mass is 10.3. The van der Waals surface area contributed by atoms with E-state index in [4.69, 9.17) is 0 Å². The van der Waals surface area contributed by atoms with Crippen molar-refractivity contribution in [3.05, 3.63) is 24.4 Å². The van der Waals surface area contributed by atoms with Crippen molar-refractivity contribution in [2.45, 2.75) is 37.3 Å². The van der Waals surface area contributed by atoms with E-state index in [1.807, 2.05) is 6.20 Å². The molecule has 0 spiro atoms. The fourth-order valence-electron chi connectivity index (χ4n) is 3.52. The van der Waals surface area contributed by atoms with Gasteiger partial charge in [-0.05, 0) is 19.8 Å². The number of aryl methyl sites for hydroxylation is 2. The molecule has 2 fully saturated rings. The van der Waals surface area contributed by atoms with E-state index in [1.165, 1.54) is 4.31 Å². The summed E-state index contributed by atoms with van der Waals surface area (Å²) in [6.45, 7) is 3.28. The average Bonchev–Trinajstić information content (AvgIpc) is 3.35. The Labute approximate surface area is 152 Å². The van der Waals surface area contributed by atoms with Crippen LogP contribution in [0.25, 0.3) is 0 Å². The predicted molar refractivity (Wildman–Crippen MR) is 94.2 cm³/mol. The van der Waals surface area contributed by atoms with Crippen LogP contribution in [0.2, 0.25) is 0 Å². The monoisotopic (exact) mass is 378 g/mol. The number of amides is 1. The van der Waals surface area contributed by atoms with Crippen LogP contribution in [-0.4, -0.2) is 57.6 Å². The number of nitrogens with zero attached hydrogens (tertiary/aromatic N) is 6. The number of carbonyl (C=O) groups is 1. The Kier molecular flexibility index (Phi) is 4.11. The second kappa shape index (κ2) is 6.20. The highest BCUT2D eigenvalue weighted by Gasteiger charge is 2.35. The molecule has 4 heterocycles. The predicted octanol–water partition coefficient (Wildman–Crippen LogP) is 0.688. The minimum atomic E-state index is -3.60. The second-order valence-electron chi connectivity index (χ2n) is 6.87. The Hall–Kier alpha value is -2.20. The molecule has 9 nitrogen and oxygen atoms in total. The first-order valence-corrected chi connectivity index (χ1v) is 10.1. The van der Waals surface area contributed by atoms with E-state index in [0.717, 1.165) is 12.1 Å². The average molecular weight is 378 g/mol. The molecular weight excluding hydrogens is 356 g/mol. The molecule has 0 radical (unpaired) electrons. The first-order valence-electron chi connectivity index (χ1n) is 8.71. The number of hydrogen-bond donors (Lipinski definition) is 0. The third-order valence-electron chi connectivity index (χ3n) is 5.16. The lowest BCUT2D eigenvalue weighted by Crippen LogP contribution is -2.29. The van der Waals surface area contributed by atoms with Gasteiger partial charge in [-0.15, -0.1) is 0 Å². The van der Waals surface area contributed by atoms with Crippen molar-refractivity contribution >= 4 is 21.6 Å². The van der Waals surface area contributed by atoms with Gasteiger partial charge in [0.1, 0.15) is 5.82 Å². The lowest BCUT2D eigenvalue weighted by Gasteiger charge is -2.15. The van der Waals surface area contributed by atoms with Gasteiger partial charge in [0.2, 0.25) is 5.91 Å². The molecule has 2 saturated heterocycles. The van der Waals surface area contributed by atoms with Crippen LogP contribution in [0.15, 0.2) is 23.6 Å². The third kappa shape index (κ3) is 2.82. The molecule has 4 rings (SSSR count). The number of hydrogen-bond acceptors (Lipinski definition) is 5. The fraction of sp³-hybridized carbons (Fsp3) is 0.562. The molecule has 2 aliphatic rings. The van der Waals surface area contributed by atoms with Crippen LogP contribution in [0.1, 0.15) is 31.1 Å². The topological polar surface area (TPSA) is 93.3 Å². The quantitative estimate of drug-likeness (QED) is 0.780. The number of carbonyl (C=O) groups excluding carboxylic acids is 1. The largest absolute Gasteiger partial charge is 0.337 e. The number of aromatic nitrogens is 4. The maximum absolute atomic E-state index is 12.8. The van der Waals surface area contributed by atoms with Gasteiger partial charge in [0.15, 0.2) is 5.03 Å². The lowest BCUT2D eigenvalue weighted by molar-refractivity contribution is -0.117. The molecule has 2 aromatic heterocycles. The Morgan fingerprint density at radius 3 is 2.69 bits per heavy atom. The molecule has 0 saturated carbocycles. The Morgan fingerprint density at radius 2 is 2.04 bits per heavy atom. The summed E-state index contributed by atoms with van der Waals surface area (Å²) >= 11 is 0. The summed E-state index contributed by atoms with van der Waals surface area (Å²) in [7, 11) is -1.83. The molecule has 2 aliphatic heterocycles. The van der Waals surface area contributed by atoms with Crippen molar-refractivity contribution in [2.75, 3.05) is 24.5 Å². The zero-order chi connectivity index (χ0) is 18.5. The van der Waals surface area contributed by atoms with Crippen molar-refractivity contribution in [1.82, 2.24) is 23.6 Å². The molecule has 0 aromatic carbocycles. The molecule has 2 aromatic rings. The molecule has 1 atom stereocenters. The van der Waals surface area contributed by atoms with Crippen LogP contribution in [0.3, 0.4) is 0 Å². The van der Waals surface area contributed by atoms with E-state index in [-0.39, 0.29) is 17.0 Å². The highest BCUT2D eigenvalue weighted by atomic mass is 32.2. The molecule has 26 heavy (non-hydrogen) atoms. The van der Waals surface area contributed by atoms with Gasteiger partial charge in [0.25, 0.3) is 10.0 Å². The van der Waals surface area contributed by atoms with Gasteiger partial charge in [-0.2, -0.15) is 9.40 Å². The molecule has 140 valence electrons. The minimum absolute atomic E-state index is 0.0407. The number of anilines is 1. The van der Waals surface area contributed by atoms with E-state index in [9.17, 15) is 13.2 Å². The Morgan fingerprint density at radius 1 is 1.23 bits per heavy atom. The van der Waals surface area contributed by atoms with Gasteiger partial charge in [0.05, 0.1) is 17.9 Å². The van der Waals surface area contributed by atoms with E-state index in [0.29, 0.717) is 38.3 Å². The number of imidazole rings is 1. The number of sulfonamides is 1. The van der Waals surface area contributed by atoms with Crippen LogP contribution in [-0.2, 0) is 21.9 Å². The van der Waals surface area contributed by atoms with Crippen molar-refractivity contribution in [1.29, 1.82) is 0 Å². The van der Waals surface area contributed by atoms with Crippen molar-refractivity contribution < 1.29 is 13.2 Å². The third-order valence-corrected chi connectivity index (χ3v) is 6.90. The first kappa shape index (κ1) is 17.2. The van der Waals surface area contributed by atoms with E-state index < -0.39 is 10.0 Å². The smallest absolute Gasteiger partial charge is 0.262 e. The summed E-state index contributed by atoms with van der Waals surface area (Å²) in [6.07, 6.45) is 7.19. The highest BCUT2D eigenvalue weighted by Crippen LogP contribution is 2.29. The molecule has 0 N–H and O–H groups in total. The summed E-state index contributed by atoms with van der Waals surface area (Å²) in [5.74, 6) is 0.775. The van der Waals surface area contributed by atoms with Crippen LogP contribution in [0.5, 0.6) is 0 Å². The second-order valence-corrected chi connectivity index (χ2v) is 8.76. The standard InChI is InChI=1S/C16H22N6O3S/c1-12-18-15(11-19(12)2)26(24,25)20-7-5-13(9-20)22-10-14(8-17-22)21-6-3-4-16(21)23/h8,10-11,13H,3-7,9H2,1-2H3. The minimum Gasteiger partial charge on any atom is -0.337 e. The van der Waals surface area contributed by atoms with Crippen molar-refractivity contribution in [3.8, 4) is 0 Å². The molecular formula is C16H22N6O3S. The molecule has 1 unspecified atom stereocenters. The van der Waals surface area contributed by atoms with Crippen LogP contribution < -0.4 is 4.90 Å². The van der Waals surface area contributed by atoms with Gasteiger partial charge < -0.3 is 9.47 Å². The zero-order valence-corrected chi connectivity index (χ0v) is 15.7. The van der Waals surface area contributed by atoms with Crippen molar-refractivity contribution in [3.63, 3.8) is 0 Å². The molecule has 0 bridgehead atoms. The van der Waals surface area contributed by atoms with Crippen LogP contribution >= 0.6 is 0 Å². The SMILES string of the molecule is Cc1nc(S(=O)(=O)N2CCC(n3cc(N4CCCC4=O)cn3)C2)cn1C. The summed E-state index contributed by atoms with van der Waals surface area (Å²) in [5.41, 5.74) is 0.786. The maximum atomic E-state index is 12.8. The van der Waals surface area contributed by atoms with E-state index in [1.54, 1.807) is 40.5 Å². The Bertz CT molecular complexity index is 928. The summed E-state index contributed by atoms with van der Waals surface area (Å²) in [5, 5.41) is 4.45. The van der Waals surface area contributed by atoms with Crippen molar-refractivity contribution in [2.24, 2.45) is 7.05 Å². The van der Waals surface area contributed by atoms with Crippen LogP contribution in [0.4, 0.5) is 5.69 Å². The first-order chi connectivity index (χ1) is 12.4. The van der Waals surface area contributed by atoms with E-state index >= 15 is 0 Å². The Balaban J connectivity index is 1.50. The van der Waals surface area contributed by atoms with Gasteiger partial charge in [-0.1, -0.05) is 0 Å². The fourth-order valence-corrected chi connectivity index (χ4v) is 5.03. The number of rotatable bonds is 4. The zero-order valence-electron chi connectivity index (χ0n) is 14.9. The normalized spacial score (nSPS) is 21.8. The highest BCUT2D eigenvalue weighted by molar-refractivity contribution is 7.89. The maximum Gasteiger partial charge on any atom is 0.262 e. The summed E-state index contributed by atoms with van der Waals surface area (Å²) < 4.78 is 30.5. The van der Waals surface area contributed by atoms with Crippen LogP contribution in [0, 0.1) is 6.92 Å². The molecule has 10 heteroatoms. The summed E-state index contributed by atoms with van der Waals surface area (Å²) in [6, 6.07) is -0.0407. The summed E-state index contributed by atoms with van der Waals surface area (Å²) in [4.78, 5) is 17.8. The van der Waals surface area contributed by atoms with Gasteiger partial charge in [0, 0.05) is 45.5 Å². The van der Waals surface area contributed by atoms with Gasteiger partial charge >= 0.3 is 0 Å². The molecule has 0 aliphatic carbocycles. The van der Waals surface area contributed by atoms with Gasteiger partial charge in [-0.25, -0.2) is 13.4 Å². The van der Waals surface area contributed by atoms with E-state index in [2.05, 4.69) is 10.1 Å².